The number of aromatic nitrogens is 2. The maximum absolute atomic E-state index is 11.9. The van der Waals surface area contributed by atoms with Crippen LogP contribution in [0.3, 0.4) is 0 Å². The Bertz CT molecular complexity index is 569. The quantitative estimate of drug-likeness (QED) is 0.892. The number of hydrogen-bond acceptors (Lipinski definition) is 5. The van der Waals surface area contributed by atoms with Crippen molar-refractivity contribution in [3.05, 3.63) is 33.4 Å². The second-order valence-electron chi connectivity index (χ2n) is 3.32. The number of aryl methyl sites for hydroxylation is 1. The van der Waals surface area contributed by atoms with Gasteiger partial charge in [-0.25, -0.2) is 9.97 Å². The number of rotatable bonds is 2. The summed E-state index contributed by atoms with van der Waals surface area (Å²) in [6, 6.07) is 1.62. The van der Waals surface area contributed by atoms with Gasteiger partial charge in [0.25, 0.3) is 5.91 Å². The zero-order chi connectivity index (χ0) is 12.4. The van der Waals surface area contributed by atoms with Crippen molar-refractivity contribution in [2.75, 3.05) is 11.1 Å². The number of carbonyl (C=O) groups excluding carboxylic acids is 1. The summed E-state index contributed by atoms with van der Waals surface area (Å²) in [7, 11) is 0. The number of hydrogen-bond donors (Lipinski definition) is 2. The van der Waals surface area contributed by atoms with Crippen LogP contribution in [0.5, 0.6) is 0 Å². The van der Waals surface area contributed by atoms with E-state index in [0.717, 1.165) is 4.88 Å². The van der Waals surface area contributed by atoms with Gasteiger partial charge in [0, 0.05) is 21.7 Å². The van der Waals surface area contributed by atoms with Crippen LogP contribution in [0.15, 0.2) is 22.9 Å². The van der Waals surface area contributed by atoms with Gasteiger partial charge in [0.05, 0.1) is 5.56 Å². The highest BCUT2D eigenvalue weighted by molar-refractivity contribution is 9.10. The van der Waals surface area contributed by atoms with Crippen molar-refractivity contribution >= 4 is 44.1 Å². The monoisotopic (exact) mass is 312 g/mol. The number of carbonyl (C=O) groups is 1. The van der Waals surface area contributed by atoms with E-state index in [1.54, 1.807) is 18.5 Å². The third-order valence-corrected chi connectivity index (χ3v) is 3.23. The summed E-state index contributed by atoms with van der Waals surface area (Å²) in [5.74, 6) is -0.121. The molecule has 0 aliphatic carbocycles. The molecule has 0 spiro atoms. The Kier molecular flexibility index (Phi) is 3.39. The number of nitrogens with two attached hydrogens (primary N) is 1. The molecule has 17 heavy (non-hydrogen) atoms. The number of nitrogens with one attached hydrogen (secondary N) is 1. The summed E-state index contributed by atoms with van der Waals surface area (Å²) in [5, 5.41) is 3.22. The molecule has 0 aromatic carbocycles. The highest BCUT2D eigenvalue weighted by Crippen LogP contribution is 2.20. The Morgan fingerprint density at radius 3 is 2.88 bits per heavy atom. The molecule has 0 aliphatic rings. The fourth-order valence-corrected chi connectivity index (χ4v) is 2.20. The highest BCUT2D eigenvalue weighted by Gasteiger charge is 2.13. The Balaban J connectivity index is 2.22. The topological polar surface area (TPSA) is 80.9 Å². The van der Waals surface area contributed by atoms with E-state index < -0.39 is 0 Å². The van der Waals surface area contributed by atoms with E-state index in [-0.39, 0.29) is 11.7 Å². The van der Waals surface area contributed by atoms with Crippen molar-refractivity contribution in [1.29, 1.82) is 0 Å². The summed E-state index contributed by atoms with van der Waals surface area (Å²) < 4.78 is 0.701. The van der Waals surface area contributed by atoms with Crippen molar-refractivity contribution in [1.82, 2.24) is 9.97 Å². The summed E-state index contributed by atoms with van der Waals surface area (Å²) in [5.41, 5.74) is 5.97. The molecule has 3 N–H and O–H groups in total. The molecule has 0 fully saturated rings. The number of anilines is 2. The zero-order valence-electron chi connectivity index (χ0n) is 8.90. The second kappa shape index (κ2) is 4.80. The Labute approximate surface area is 110 Å². The van der Waals surface area contributed by atoms with Crippen LogP contribution in [0.1, 0.15) is 15.2 Å². The summed E-state index contributed by atoms with van der Waals surface area (Å²) >= 11 is 4.65. The van der Waals surface area contributed by atoms with Gasteiger partial charge < -0.3 is 5.73 Å². The smallest absolute Gasteiger partial charge is 0.261 e. The summed E-state index contributed by atoms with van der Waals surface area (Å²) in [4.78, 5) is 20.9. The maximum atomic E-state index is 11.9. The average molecular weight is 313 g/mol. The van der Waals surface area contributed by atoms with Gasteiger partial charge in [-0.15, -0.1) is 11.3 Å². The van der Waals surface area contributed by atoms with Gasteiger partial charge in [-0.05, 0) is 28.9 Å². The Hall–Kier alpha value is -1.47. The molecule has 2 heterocycles. The minimum Gasteiger partial charge on any atom is -0.383 e. The first kappa shape index (κ1) is 12.0. The molecule has 2 aromatic rings. The average Bonchev–Trinajstić information content (AvgIpc) is 2.67. The first-order chi connectivity index (χ1) is 8.06. The predicted molar refractivity (Wildman–Crippen MR) is 71.2 cm³/mol. The number of nitrogen functional groups attached to an aromatic ring is 1. The molecule has 5 nitrogen and oxygen atoms in total. The van der Waals surface area contributed by atoms with Crippen LogP contribution in [0.2, 0.25) is 0 Å². The molecular formula is C10H9BrN4OS. The molecule has 0 bridgehead atoms. The molecule has 0 saturated heterocycles. The maximum Gasteiger partial charge on any atom is 0.261 e. The number of halogens is 1. The predicted octanol–water partition coefficient (Wildman–Crippen LogP) is 2.44. The minimum absolute atomic E-state index is 0.193. The fraction of sp³-hybridized carbons (Fsp3) is 0.100. The lowest BCUT2D eigenvalue weighted by atomic mass is 10.2. The molecule has 7 heteroatoms. The lowest BCUT2D eigenvalue weighted by Crippen LogP contribution is -2.14. The fourth-order valence-electron chi connectivity index (χ4n) is 1.21. The van der Waals surface area contributed by atoms with Gasteiger partial charge in [-0.1, -0.05) is 0 Å². The molecule has 0 aliphatic heterocycles. The zero-order valence-corrected chi connectivity index (χ0v) is 11.3. The molecule has 0 atom stereocenters. The SMILES string of the molecule is Cc1cnc(NC(=O)c2cc(Br)cnc2N)s1. The first-order valence-corrected chi connectivity index (χ1v) is 6.32. The van der Waals surface area contributed by atoms with E-state index in [9.17, 15) is 4.79 Å². The van der Waals surface area contributed by atoms with Crippen molar-refractivity contribution in [2.45, 2.75) is 6.92 Å². The number of amides is 1. The van der Waals surface area contributed by atoms with Gasteiger partial charge in [0.2, 0.25) is 0 Å². The third-order valence-electron chi connectivity index (χ3n) is 1.97. The Morgan fingerprint density at radius 2 is 2.24 bits per heavy atom. The Morgan fingerprint density at radius 1 is 1.47 bits per heavy atom. The standard InChI is InChI=1S/C10H9BrN4OS/c1-5-3-14-10(17-5)15-9(16)7-2-6(11)4-13-8(7)12/h2-4H,1H3,(H2,12,13)(H,14,15,16). The summed E-state index contributed by atoms with van der Waals surface area (Å²) in [6.45, 7) is 1.92. The van der Waals surface area contributed by atoms with E-state index in [0.29, 0.717) is 15.2 Å². The van der Waals surface area contributed by atoms with Crippen LogP contribution < -0.4 is 11.1 Å². The van der Waals surface area contributed by atoms with Gasteiger partial charge in [0.1, 0.15) is 5.82 Å². The largest absolute Gasteiger partial charge is 0.383 e. The van der Waals surface area contributed by atoms with Crippen LogP contribution in [-0.4, -0.2) is 15.9 Å². The van der Waals surface area contributed by atoms with Crippen molar-refractivity contribution in [3.8, 4) is 0 Å². The lowest BCUT2D eigenvalue weighted by molar-refractivity contribution is 0.102. The van der Waals surface area contributed by atoms with Crippen molar-refractivity contribution < 1.29 is 4.79 Å². The molecule has 0 radical (unpaired) electrons. The molecular weight excluding hydrogens is 304 g/mol. The number of thiazole rings is 1. The normalized spacial score (nSPS) is 10.2. The lowest BCUT2D eigenvalue weighted by Gasteiger charge is -2.04. The molecule has 88 valence electrons. The third kappa shape index (κ3) is 2.80. The molecule has 2 aromatic heterocycles. The van der Waals surface area contributed by atoms with Gasteiger partial charge in [-0.2, -0.15) is 0 Å². The van der Waals surface area contributed by atoms with Gasteiger partial charge >= 0.3 is 0 Å². The van der Waals surface area contributed by atoms with Crippen molar-refractivity contribution in [3.63, 3.8) is 0 Å². The molecule has 0 unspecified atom stereocenters. The van der Waals surface area contributed by atoms with E-state index in [4.69, 9.17) is 5.73 Å². The molecule has 1 amide bonds. The van der Waals surface area contributed by atoms with E-state index in [1.165, 1.54) is 11.3 Å². The van der Waals surface area contributed by atoms with Gasteiger partial charge in [-0.3, -0.25) is 10.1 Å². The number of nitrogens with zero attached hydrogens (tertiary/aromatic N) is 2. The van der Waals surface area contributed by atoms with Crippen LogP contribution >= 0.6 is 27.3 Å². The first-order valence-electron chi connectivity index (χ1n) is 4.71. The van der Waals surface area contributed by atoms with Crippen LogP contribution in [0.25, 0.3) is 0 Å². The van der Waals surface area contributed by atoms with Crippen molar-refractivity contribution in [2.24, 2.45) is 0 Å². The van der Waals surface area contributed by atoms with Crippen LogP contribution in [-0.2, 0) is 0 Å². The van der Waals surface area contributed by atoms with Gasteiger partial charge in [0.15, 0.2) is 5.13 Å². The second-order valence-corrected chi connectivity index (χ2v) is 5.47. The molecule has 0 saturated carbocycles. The van der Waals surface area contributed by atoms with E-state index in [1.807, 2.05) is 6.92 Å². The van der Waals surface area contributed by atoms with E-state index >= 15 is 0 Å². The van der Waals surface area contributed by atoms with Crippen LogP contribution in [0, 0.1) is 6.92 Å². The minimum atomic E-state index is -0.314. The summed E-state index contributed by atoms with van der Waals surface area (Å²) in [6.07, 6.45) is 3.24. The van der Waals surface area contributed by atoms with E-state index in [2.05, 4.69) is 31.2 Å². The van der Waals surface area contributed by atoms with Crippen LogP contribution in [0.4, 0.5) is 10.9 Å². The number of pyridine rings is 1. The molecule has 2 rings (SSSR count). The highest BCUT2D eigenvalue weighted by atomic mass is 79.9.